The van der Waals surface area contributed by atoms with Crippen molar-refractivity contribution in [1.82, 2.24) is 0 Å². The minimum absolute atomic E-state index is 0.0777. The summed E-state index contributed by atoms with van der Waals surface area (Å²) < 4.78 is 30.4. The summed E-state index contributed by atoms with van der Waals surface area (Å²) in [6.07, 6.45) is 7.38. The average molecular weight is 563 g/mol. The van der Waals surface area contributed by atoms with Crippen LogP contribution in [-0.4, -0.2) is 27.0 Å². The predicted molar refractivity (Wildman–Crippen MR) is 165 cm³/mol. The lowest BCUT2D eigenvalue weighted by Crippen LogP contribution is -2.13. The first-order valence-corrected chi connectivity index (χ1v) is 18.0. The van der Waals surface area contributed by atoms with Crippen molar-refractivity contribution in [3.05, 3.63) is 132 Å². The quantitative estimate of drug-likeness (QED) is 0.116. The smallest absolute Gasteiger partial charge is 0.247 e. The maximum absolute atomic E-state index is 12.3. The monoisotopic (exact) mass is 562 g/mol. The van der Waals surface area contributed by atoms with Gasteiger partial charge < -0.3 is 0 Å². The molecule has 0 aliphatic heterocycles. The zero-order chi connectivity index (χ0) is 26.6. The van der Waals surface area contributed by atoms with Crippen molar-refractivity contribution in [2.45, 2.75) is 31.3 Å². The third kappa shape index (κ3) is 8.85. The van der Waals surface area contributed by atoms with Crippen molar-refractivity contribution < 1.29 is 12.4 Å². The molecule has 0 saturated heterocycles. The van der Waals surface area contributed by atoms with Crippen LogP contribution in [0.3, 0.4) is 0 Å². The van der Waals surface area contributed by atoms with Crippen molar-refractivity contribution in [1.29, 1.82) is 0 Å². The summed E-state index contributed by atoms with van der Waals surface area (Å²) in [4.78, 5) is 0. The molecule has 0 aliphatic carbocycles. The molecule has 4 aromatic rings. The van der Waals surface area contributed by atoms with Gasteiger partial charge in [-0.1, -0.05) is 134 Å². The summed E-state index contributed by atoms with van der Waals surface area (Å²) in [7, 11) is -5.20. The molecule has 0 bridgehead atoms. The predicted octanol–water partition coefficient (Wildman–Crippen LogP) is 7.84. The van der Waals surface area contributed by atoms with E-state index in [9.17, 15) is 8.42 Å². The highest BCUT2D eigenvalue weighted by molar-refractivity contribution is 7.90. The van der Waals surface area contributed by atoms with Crippen LogP contribution in [0.15, 0.2) is 121 Å². The van der Waals surface area contributed by atoms with Crippen molar-refractivity contribution in [3.63, 3.8) is 0 Å². The zero-order valence-corrected chi connectivity index (χ0v) is 24.5. The fourth-order valence-corrected chi connectivity index (χ4v) is 10.9. The third-order valence-corrected chi connectivity index (χ3v) is 12.8. The van der Waals surface area contributed by atoms with Gasteiger partial charge in [0.15, 0.2) is 0 Å². The molecule has 0 fully saturated rings. The van der Waals surface area contributed by atoms with Crippen LogP contribution >= 0.6 is 16.1 Å². The highest BCUT2D eigenvalue weighted by atomic mass is 32.2. The van der Waals surface area contributed by atoms with Gasteiger partial charge in [-0.05, 0) is 54.8 Å². The maximum Gasteiger partial charge on any atom is 0.267 e. The first-order valence-electron chi connectivity index (χ1n) is 13.1. The maximum atomic E-state index is 12.3. The third-order valence-electron chi connectivity index (χ3n) is 6.40. The molecule has 0 aliphatic rings. The Hall–Kier alpha value is -2.35. The highest BCUT2D eigenvalue weighted by Crippen LogP contribution is 2.57. The Morgan fingerprint density at radius 1 is 0.579 bits per heavy atom. The fraction of sp³-hybridized carbons (Fsp3) is 0.250. The number of unbranched alkanes of at least 4 members (excludes halogenated alkanes) is 3. The van der Waals surface area contributed by atoms with Crippen LogP contribution in [-0.2, 0) is 14.1 Å². The Kier molecular flexibility index (Phi) is 11.1. The van der Waals surface area contributed by atoms with E-state index in [2.05, 4.69) is 84.9 Å². The zero-order valence-electron chi connectivity index (χ0n) is 21.9. The summed E-state index contributed by atoms with van der Waals surface area (Å²) in [5.74, 6) is 0. The van der Waals surface area contributed by atoms with Gasteiger partial charge in [0.2, 0.25) is 0 Å². The Morgan fingerprint density at radius 3 is 1.39 bits per heavy atom. The molecule has 0 radical (unpaired) electrons. The van der Waals surface area contributed by atoms with Gasteiger partial charge in [0.1, 0.15) is 0 Å². The van der Waals surface area contributed by atoms with E-state index in [4.69, 9.17) is 3.97 Å². The molecule has 1 unspecified atom stereocenters. The number of hydrogen-bond donors (Lipinski definition) is 0. The van der Waals surface area contributed by atoms with Gasteiger partial charge in [0.05, 0.1) is 20.1 Å². The second-order valence-corrected chi connectivity index (χ2v) is 15.5. The van der Waals surface area contributed by atoms with Gasteiger partial charge in [-0.15, -0.1) is 0 Å². The molecule has 6 heteroatoms. The number of hydrogen-bond acceptors (Lipinski definition) is 3. The molecule has 0 spiro atoms. The summed E-state index contributed by atoms with van der Waals surface area (Å²) in [5, 5.41) is 2.85. The SMILES string of the molecule is CS(=O)(=O)OP(CCCCCCP(c1ccccc1)c1ccccc1)C(c1ccccc1)c1ccccc1. The van der Waals surface area contributed by atoms with Gasteiger partial charge in [-0.2, -0.15) is 8.42 Å². The molecule has 4 rings (SSSR count). The molecular weight excluding hydrogens is 526 g/mol. The molecule has 0 amide bonds. The van der Waals surface area contributed by atoms with Crippen molar-refractivity contribution in [3.8, 4) is 0 Å². The van der Waals surface area contributed by atoms with E-state index in [-0.39, 0.29) is 13.6 Å². The second-order valence-electron chi connectivity index (χ2n) is 9.38. The molecule has 0 aromatic heterocycles. The van der Waals surface area contributed by atoms with Crippen molar-refractivity contribution in [2.75, 3.05) is 18.6 Å². The summed E-state index contributed by atoms with van der Waals surface area (Å²) in [5.41, 5.74) is 2.13. The van der Waals surface area contributed by atoms with E-state index in [0.717, 1.165) is 49.1 Å². The van der Waals surface area contributed by atoms with Crippen molar-refractivity contribution in [2.24, 2.45) is 0 Å². The molecule has 0 N–H and O–H groups in total. The second kappa shape index (κ2) is 14.7. The summed E-state index contributed by atoms with van der Waals surface area (Å²) in [6, 6.07) is 42.0. The van der Waals surface area contributed by atoms with Crippen LogP contribution in [0, 0.1) is 0 Å². The number of rotatable bonds is 14. The van der Waals surface area contributed by atoms with Crippen LogP contribution in [0.4, 0.5) is 0 Å². The van der Waals surface area contributed by atoms with Crippen molar-refractivity contribution >= 4 is 36.8 Å². The normalized spacial score (nSPS) is 12.6. The van der Waals surface area contributed by atoms with Gasteiger partial charge in [-0.3, -0.25) is 0 Å². The van der Waals surface area contributed by atoms with E-state index >= 15 is 0 Å². The van der Waals surface area contributed by atoms with Crippen LogP contribution in [0.2, 0.25) is 0 Å². The van der Waals surface area contributed by atoms with E-state index in [1.54, 1.807) is 0 Å². The van der Waals surface area contributed by atoms with Crippen LogP contribution < -0.4 is 10.6 Å². The lowest BCUT2D eigenvalue weighted by molar-refractivity contribution is 0.511. The first kappa shape index (κ1) is 28.7. The molecule has 3 nitrogen and oxygen atoms in total. The highest BCUT2D eigenvalue weighted by Gasteiger charge is 2.29. The molecule has 198 valence electrons. The minimum Gasteiger partial charge on any atom is -0.247 e. The Balaban J connectivity index is 1.40. The lowest BCUT2D eigenvalue weighted by Gasteiger charge is -2.27. The van der Waals surface area contributed by atoms with E-state index in [1.165, 1.54) is 16.9 Å². The summed E-state index contributed by atoms with van der Waals surface area (Å²) >= 11 is 0. The summed E-state index contributed by atoms with van der Waals surface area (Å²) in [6.45, 7) is 0. The molecule has 4 aromatic carbocycles. The first-order chi connectivity index (χ1) is 18.5. The van der Waals surface area contributed by atoms with E-state index in [0.29, 0.717) is 0 Å². The van der Waals surface area contributed by atoms with Crippen LogP contribution in [0.1, 0.15) is 42.5 Å². The van der Waals surface area contributed by atoms with E-state index in [1.807, 2.05) is 36.4 Å². The van der Waals surface area contributed by atoms with Crippen LogP contribution in [0.5, 0.6) is 0 Å². The largest absolute Gasteiger partial charge is 0.267 e. The molecule has 1 atom stereocenters. The standard InChI is InChI=1S/C32H36O3P2S/c1-38(33,34)35-37(32(28-18-8-4-9-19-28)29-20-10-5-11-21-29)27-17-3-2-16-26-36(30-22-12-6-13-23-30)31-24-14-7-15-25-31/h4-15,18-25,32H,2-3,16-17,26-27H2,1H3. The van der Waals surface area contributed by atoms with Gasteiger partial charge in [-0.25, -0.2) is 3.97 Å². The topological polar surface area (TPSA) is 43.4 Å². The molecule has 0 heterocycles. The number of benzene rings is 4. The Labute approximate surface area is 231 Å². The Morgan fingerprint density at radius 2 is 0.974 bits per heavy atom. The molecule has 38 heavy (non-hydrogen) atoms. The molecular formula is C32H36O3P2S. The van der Waals surface area contributed by atoms with Crippen LogP contribution in [0.25, 0.3) is 0 Å². The minimum atomic E-state index is -3.57. The van der Waals surface area contributed by atoms with Gasteiger partial charge in [0, 0.05) is 0 Å². The van der Waals surface area contributed by atoms with E-state index < -0.39 is 18.3 Å². The van der Waals surface area contributed by atoms with Gasteiger partial charge >= 0.3 is 0 Å². The lowest BCUT2D eigenvalue weighted by atomic mass is 10.0. The van der Waals surface area contributed by atoms with Gasteiger partial charge in [0.25, 0.3) is 10.1 Å². The fourth-order valence-electron chi connectivity index (χ4n) is 4.69. The molecule has 0 saturated carbocycles. The Bertz CT molecular complexity index is 1240. The average Bonchev–Trinajstić information content (AvgIpc) is 2.94.